The van der Waals surface area contributed by atoms with Crippen molar-refractivity contribution < 1.29 is 22.7 Å². The topological polar surface area (TPSA) is 81.7 Å². The first-order valence-electron chi connectivity index (χ1n) is 7.41. The Morgan fingerprint density at radius 1 is 1.25 bits per heavy atom. The van der Waals surface area contributed by atoms with Crippen LogP contribution in [0.2, 0.25) is 5.02 Å². The predicted octanol–water partition coefficient (Wildman–Crippen LogP) is 3.27. The lowest BCUT2D eigenvalue weighted by Gasteiger charge is -2.34. The smallest absolute Gasteiger partial charge is 0.327 e. The van der Waals surface area contributed by atoms with E-state index in [0.29, 0.717) is 17.3 Å². The summed E-state index contributed by atoms with van der Waals surface area (Å²) in [5.41, 5.74) is -1.26. The molecule has 9 heteroatoms. The number of methoxy groups -OCH3 is 2. The third kappa shape index (κ3) is 3.87. The molecule has 1 aromatic rings. The Bertz CT molecular complexity index is 732. The third-order valence-corrected chi connectivity index (χ3v) is 6.43. The van der Waals surface area contributed by atoms with Gasteiger partial charge < -0.3 is 9.47 Å². The molecule has 6 nitrogen and oxygen atoms in total. The minimum absolute atomic E-state index is 0.127. The van der Waals surface area contributed by atoms with Crippen LogP contribution in [0.3, 0.4) is 0 Å². The molecule has 134 valence electrons. The lowest BCUT2D eigenvalue weighted by Crippen LogP contribution is -2.56. The van der Waals surface area contributed by atoms with Crippen molar-refractivity contribution >= 4 is 43.5 Å². The number of hydrogen-bond donors (Lipinski definition) is 1. The summed E-state index contributed by atoms with van der Waals surface area (Å²) in [4.78, 5) is 12.1. The van der Waals surface area contributed by atoms with E-state index in [1.807, 2.05) is 0 Å². The molecule has 0 spiro atoms. The van der Waals surface area contributed by atoms with Crippen molar-refractivity contribution in [2.45, 2.75) is 42.5 Å². The highest BCUT2D eigenvalue weighted by Gasteiger charge is 2.44. The van der Waals surface area contributed by atoms with Crippen molar-refractivity contribution in [1.29, 1.82) is 0 Å². The van der Waals surface area contributed by atoms with E-state index in [9.17, 15) is 13.2 Å². The first-order chi connectivity index (χ1) is 11.3. The van der Waals surface area contributed by atoms with Gasteiger partial charge in [0.1, 0.15) is 10.4 Å². The fourth-order valence-electron chi connectivity index (χ4n) is 2.95. The number of ether oxygens (including phenoxy) is 2. The summed E-state index contributed by atoms with van der Waals surface area (Å²) in [6, 6.07) is 2.83. The zero-order valence-corrected chi connectivity index (χ0v) is 16.6. The summed E-state index contributed by atoms with van der Waals surface area (Å²) in [7, 11) is -1.43. The van der Waals surface area contributed by atoms with Crippen molar-refractivity contribution in [2.75, 3.05) is 14.2 Å². The van der Waals surface area contributed by atoms with E-state index in [0.717, 1.165) is 19.3 Å². The fraction of sp³-hybridized carbons (Fsp3) is 0.533. The van der Waals surface area contributed by atoms with Gasteiger partial charge in [0, 0.05) is 5.02 Å². The second kappa shape index (κ2) is 7.59. The van der Waals surface area contributed by atoms with Gasteiger partial charge in [0.15, 0.2) is 5.75 Å². The Kier molecular flexibility index (Phi) is 6.17. The third-order valence-electron chi connectivity index (χ3n) is 4.08. The first kappa shape index (κ1) is 19.5. The highest BCUT2D eigenvalue weighted by Crippen LogP contribution is 2.37. The molecule has 0 saturated heterocycles. The Morgan fingerprint density at radius 3 is 2.42 bits per heavy atom. The average molecular weight is 441 g/mol. The zero-order valence-electron chi connectivity index (χ0n) is 13.4. The van der Waals surface area contributed by atoms with Gasteiger partial charge in [-0.15, -0.1) is 0 Å². The van der Waals surface area contributed by atoms with Crippen molar-refractivity contribution in [3.63, 3.8) is 0 Å². The molecule has 0 radical (unpaired) electrons. The Labute approximate surface area is 155 Å². The molecule has 0 amide bonds. The number of nitrogens with one attached hydrogen (secondary N) is 1. The summed E-state index contributed by atoms with van der Waals surface area (Å²) in [6.45, 7) is 0. The lowest BCUT2D eigenvalue weighted by molar-refractivity contribution is -0.149. The molecule has 0 heterocycles. The van der Waals surface area contributed by atoms with Gasteiger partial charge in [0.25, 0.3) is 0 Å². The molecule has 0 unspecified atom stereocenters. The van der Waals surface area contributed by atoms with E-state index in [-0.39, 0.29) is 15.7 Å². The first-order valence-corrected chi connectivity index (χ1v) is 10.1. The van der Waals surface area contributed by atoms with E-state index in [4.69, 9.17) is 21.1 Å². The van der Waals surface area contributed by atoms with E-state index < -0.39 is 21.5 Å². The molecule has 2 rings (SSSR count). The van der Waals surface area contributed by atoms with E-state index in [1.54, 1.807) is 0 Å². The maximum atomic E-state index is 12.9. The average Bonchev–Trinajstić information content (AvgIpc) is 2.53. The molecule has 1 saturated carbocycles. The van der Waals surface area contributed by atoms with Crippen LogP contribution in [0.4, 0.5) is 0 Å². The van der Waals surface area contributed by atoms with Crippen LogP contribution in [0.5, 0.6) is 5.75 Å². The summed E-state index contributed by atoms with van der Waals surface area (Å²) < 4.78 is 38.8. The molecule has 1 aliphatic rings. The van der Waals surface area contributed by atoms with Crippen molar-refractivity contribution in [3.8, 4) is 5.75 Å². The SMILES string of the molecule is COC(=O)C1(NS(=O)(=O)c2cc(Cl)cc(Br)c2OC)CCCCC1. The largest absolute Gasteiger partial charge is 0.494 e. The zero-order chi connectivity index (χ0) is 18.0. The van der Waals surface area contributed by atoms with Gasteiger partial charge in [-0.25, -0.2) is 8.42 Å². The van der Waals surface area contributed by atoms with Crippen LogP contribution in [0, 0.1) is 0 Å². The minimum Gasteiger partial charge on any atom is -0.494 e. The van der Waals surface area contributed by atoms with Crippen LogP contribution in [0.15, 0.2) is 21.5 Å². The molecule has 0 aromatic heterocycles. The van der Waals surface area contributed by atoms with Crippen molar-refractivity contribution in [2.24, 2.45) is 0 Å². The molecule has 1 aliphatic carbocycles. The predicted molar refractivity (Wildman–Crippen MR) is 93.9 cm³/mol. The number of esters is 1. The molecule has 1 N–H and O–H groups in total. The van der Waals surface area contributed by atoms with E-state index in [1.165, 1.54) is 26.4 Å². The second-order valence-electron chi connectivity index (χ2n) is 5.66. The van der Waals surface area contributed by atoms with Crippen molar-refractivity contribution in [1.82, 2.24) is 4.72 Å². The van der Waals surface area contributed by atoms with Crippen molar-refractivity contribution in [3.05, 3.63) is 21.6 Å². The second-order valence-corrected chi connectivity index (χ2v) is 8.60. The normalized spacial score (nSPS) is 17.3. The highest BCUT2D eigenvalue weighted by molar-refractivity contribution is 9.10. The minimum atomic E-state index is -4.05. The molecular formula is C15H19BrClNO5S. The Hall–Kier alpha value is -0.830. The maximum absolute atomic E-state index is 12.9. The van der Waals surface area contributed by atoms with Crippen LogP contribution >= 0.6 is 27.5 Å². The fourth-order valence-corrected chi connectivity index (χ4v) is 5.74. The van der Waals surface area contributed by atoms with Gasteiger partial charge >= 0.3 is 5.97 Å². The number of rotatable bonds is 5. The molecule has 1 aromatic carbocycles. The van der Waals surface area contributed by atoms with Gasteiger partial charge in [-0.05, 0) is 40.9 Å². The molecule has 24 heavy (non-hydrogen) atoms. The standard InChI is InChI=1S/C15H19BrClNO5S/c1-22-13-11(16)8-10(17)9-12(13)24(20,21)18-15(14(19)23-2)6-4-3-5-7-15/h8-9,18H,3-7H2,1-2H3. The van der Waals surface area contributed by atoms with Crippen LogP contribution in [0.25, 0.3) is 0 Å². The van der Waals surface area contributed by atoms with Gasteiger partial charge in [0.05, 0.1) is 18.7 Å². The van der Waals surface area contributed by atoms with Crippen LogP contribution in [-0.2, 0) is 19.6 Å². The van der Waals surface area contributed by atoms with E-state index >= 15 is 0 Å². The molecular weight excluding hydrogens is 422 g/mol. The number of halogens is 2. The molecule has 0 atom stereocenters. The Morgan fingerprint density at radius 2 is 1.88 bits per heavy atom. The van der Waals surface area contributed by atoms with Gasteiger partial charge in [0.2, 0.25) is 10.0 Å². The number of benzene rings is 1. The number of carbonyl (C=O) groups is 1. The molecule has 0 bridgehead atoms. The summed E-state index contributed by atoms with van der Waals surface area (Å²) in [5.74, 6) is -0.450. The summed E-state index contributed by atoms with van der Waals surface area (Å²) in [6.07, 6.45) is 3.22. The van der Waals surface area contributed by atoms with Crippen LogP contribution in [0.1, 0.15) is 32.1 Å². The van der Waals surface area contributed by atoms with Gasteiger partial charge in [-0.2, -0.15) is 4.72 Å². The molecule has 1 fully saturated rings. The maximum Gasteiger partial charge on any atom is 0.327 e. The number of hydrogen-bond acceptors (Lipinski definition) is 5. The van der Waals surface area contributed by atoms with Gasteiger partial charge in [-0.1, -0.05) is 30.9 Å². The number of carbonyl (C=O) groups excluding carboxylic acids is 1. The Balaban J connectivity index is 2.48. The van der Waals surface area contributed by atoms with E-state index in [2.05, 4.69) is 20.7 Å². The quantitative estimate of drug-likeness (QED) is 0.711. The number of sulfonamides is 1. The van der Waals surface area contributed by atoms with Crippen LogP contribution < -0.4 is 9.46 Å². The van der Waals surface area contributed by atoms with Gasteiger partial charge in [-0.3, -0.25) is 4.79 Å². The lowest BCUT2D eigenvalue weighted by atomic mass is 9.83. The highest BCUT2D eigenvalue weighted by atomic mass is 79.9. The summed E-state index contributed by atoms with van der Waals surface area (Å²) >= 11 is 9.22. The molecule has 0 aliphatic heterocycles. The summed E-state index contributed by atoms with van der Waals surface area (Å²) in [5, 5.41) is 0.235. The monoisotopic (exact) mass is 439 g/mol. The van der Waals surface area contributed by atoms with Crippen LogP contribution in [-0.4, -0.2) is 34.1 Å².